The molecule has 2 unspecified atom stereocenters. The first kappa shape index (κ1) is 13.5. The van der Waals surface area contributed by atoms with Gasteiger partial charge in [-0.3, -0.25) is 4.79 Å². The molecule has 1 amide bonds. The van der Waals surface area contributed by atoms with Crippen molar-refractivity contribution < 1.29 is 4.79 Å². The highest BCUT2D eigenvalue weighted by atomic mass is 16.1. The zero-order chi connectivity index (χ0) is 12.2. The maximum atomic E-state index is 11.6. The van der Waals surface area contributed by atoms with E-state index in [2.05, 4.69) is 24.2 Å². The SMILES string of the molecule is CCCN(C)C1CCC(NCC)(C(N)=O)C1. The van der Waals surface area contributed by atoms with E-state index < -0.39 is 5.54 Å². The third-order valence-corrected chi connectivity index (χ3v) is 3.67. The Hall–Kier alpha value is -0.610. The van der Waals surface area contributed by atoms with Gasteiger partial charge < -0.3 is 16.0 Å². The lowest BCUT2D eigenvalue weighted by molar-refractivity contribution is -0.124. The number of carbonyl (C=O) groups is 1. The lowest BCUT2D eigenvalue weighted by atomic mass is 9.96. The predicted octanol–water partition coefficient (Wildman–Crippen LogP) is 0.714. The smallest absolute Gasteiger partial charge is 0.237 e. The van der Waals surface area contributed by atoms with Gasteiger partial charge in [0.25, 0.3) is 0 Å². The van der Waals surface area contributed by atoms with E-state index >= 15 is 0 Å². The number of hydrogen-bond acceptors (Lipinski definition) is 3. The number of nitrogens with zero attached hydrogens (tertiary/aromatic N) is 1. The molecule has 0 heterocycles. The standard InChI is InChI=1S/C12H25N3O/c1-4-8-15(3)10-6-7-12(9-10,11(13)16)14-5-2/h10,14H,4-9H2,1-3H3,(H2,13,16). The van der Waals surface area contributed by atoms with Crippen molar-refractivity contribution in [3.63, 3.8) is 0 Å². The van der Waals surface area contributed by atoms with Gasteiger partial charge in [-0.05, 0) is 45.8 Å². The second-order valence-corrected chi connectivity index (χ2v) is 4.85. The van der Waals surface area contributed by atoms with Crippen molar-refractivity contribution in [1.29, 1.82) is 0 Å². The maximum absolute atomic E-state index is 11.6. The van der Waals surface area contributed by atoms with E-state index in [1.807, 2.05) is 6.92 Å². The van der Waals surface area contributed by atoms with Crippen molar-refractivity contribution in [2.45, 2.75) is 51.1 Å². The molecule has 0 spiro atoms. The Morgan fingerprint density at radius 2 is 2.25 bits per heavy atom. The lowest BCUT2D eigenvalue weighted by Gasteiger charge is -2.29. The summed E-state index contributed by atoms with van der Waals surface area (Å²) in [5.41, 5.74) is 5.08. The highest BCUT2D eigenvalue weighted by Gasteiger charge is 2.44. The number of primary amides is 1. The van der Waals surface area contributed by atoms with Crippen LogP contribution in [0.4, 0.5) is 0 Å². The monoisotopic (exact) mass is 227 g/mol. The van der Waals surface area contributed by atoms with Crippen molar-refractivity contribution in [2.24, 2.45) is 5.73 Å². The van der Waals surface area contributed by atoms with Crippen LogP contribution in [0.15, 0.2) is 0 Å². The fraction of sp³-hybridized carbons (Fsp3) is 0.917. The molecule has 16 heavy (non-hydrogen) atoms. The molecule has 2 atom stereocenters. The fourth-order valence-electron chi connectivity index (χ4n) is 2.74. The number of rotatable bonds is 6. The van der Waals surface area contributed by atoms with Crippen LogP contribution >= 0.6 is 0 Å². The molecule has 0 aliphatic heterocycles. The van der Waals surface area contributed by atoms with E-state index in [1.54, 1.807) is 0 Å². The van der Waals surface area contributed by atoms with Gasteiger partial charge in [-0.15, -0.1) is 0 Å². The van der Waals surface area contributed by atoms with Crippen LogP contribution in [0, 0.1) is 0 Å². The molecule has 3 N–H and O–H groups in total. The molecule has 0 aromatic heterocycles. The van der Waals surface area contributed by atoms with E-state index in [9.17, 15) is 4.79 Å². The minimum absolute atomic E-state index is 0.193. The van der Waals surface area contributed by atoms with E-state index in [1.165, 1.54) is 0 Å². The summed E-state index contributed by atoms with van der Waals surface area (Å²) in [5, 5.41) is 3.28. The zero-order valence-corrected chi connectivity index (χ0v) is 10.8. The van der Waals surface area contributed by atoms with Gasteiger partial charge in [-0.1, -0.05) is 13.8 Å². The number of carbonyl (C=O) groups excluding carboxylic acids is 1. The number of nitrogens with one attached hydrogen (secondary N) is 1. The van der Waals surface area contributed by atoms with Gasteiger partial charge >= 0.3 is 0 Å². The van der Waals surface area contributed by atoms with E-state index in [-0.39, 0.29) is 5.91 Å². The van der Waals surface area contributed by atoms with Crippen LogP contribution in [0.25, 0.3) is 0 Å². The molecule has 1 aliphatic rings. The van der Waals surface area contributed by atoms with Crippen LogP contribution in [0.2, 0.25) is 0 Å². The molecular formula is C12H25N3O. The van der Waals surface area contributed by atoms with Crippen LogP contribution in [-0.2, 0) is 4.79 Å². The Bertz CT molecular complexity index is 244. The Balaban J connectivity index is 2.63. The highest BCUT2D eigenvalue weighted by molar-refractivity contribution is 5.85. The molecule has 1 fully saturated rings. The average Bonchev–Trinajstić information content (AvgIpc) is 2.64. The van der Waals surface area contributed by atoms with Crippen molar-refractivity contribution in [3.05, 3.63) is 0 Å². The first-order valence-electron chi connectivity index (χ1n) is 6.31. The molecule has 0 bridgehead atoms. The van der Waals surface area contributed by atoms with Crippen molar-refractivity contribution >= 4 is 5.91 Å². The number of nitrogens with two attached hydrogens (primary N) is 1. The summed E-state index contributed by atoms with van der Waals surface area (Å²) < 4.78 is 0. The quantitative estimate of drug-likeness (QED) is 0.703. The molecule has 0 saturated heterocycles. The minimum Gasteiger partial charge on any atom is -0.368 e. The third kappa shape index (κ3) is 2.74. The minimum atomic E-state index is -0.457. The molecule has 4 nitrogen and oxygen atoms in total. The van der Waals surface area contributed by atoms with Crippen molar-refractivity contribution in [1.82, 2.24) is 10.2 Å². The van der Waals surface area contributed by atoms with Crippen LogP contribution < -0.4 is 11.1 Å². The average molecular weight is 227 g/mol. The van der Waals surface area contributed by atoms with Crippen LogP contribution in [-0.4, -0.2) is 42.5 Å². The van der Waals surface area contributed by atoms with Crippen LogP contribution in [0.1, 0.15) is 39.5 Å². The highest BCUT2D eigenvalue weighted by Crippen LogP contribution is 2.32. The lowest BCUT2D eigenvalue weighted by Crippen LogP contribution is -2.54. The van der Waals surface area contributed by atoms with Crippen molar-refractivity contribution in [3.8, 4) is 0 Å². The molecule has 1 saturated carbocycles. The molecule has 4 heteroatoms. The number of likely N-dealkylation sites (N-methyl/N-ethyl adjacent to an activating group) is 1. The molecule has 0 radical (unpaired) electrons. The topological polar surface area (TPSA) is 58.4 Å². The summed E-state index contributed by atoms with van der Waals surface area (Å²) in [6.45, 7) is 6.09. The first-order chi connectivity index (χ1) is 7.55. The Morgan fingerprint density at radius 3 is 2.75 bits per heavy atom. The van der Waals surface area contributed by atoms with Gasteiger partial charge in [0, 0.05) is 6.04 Å². The van der Waals surface area contributed by atoms with Gasteiger partial charge in [-0.25, -0.2) is 0 Å². The molecule has 1 rings (SSSR count). The van der Waals surface area contributed by atoms with Crippen molar-refractivity contribution in [2.75, 3.05) is 20.1 Å². The summed E-state index contributed by atoms with van der Waals surface area (Å²) in [6, 6.07) is 0.492. The number of hydrogen-bond donors (Lipinski definition) is 2. The predicted molar refractivity (Wildman–Crippen MR) is 66.2 cm³/mol. The second kappa shape index (κ2) is 5.64. The molecule has 0 aromatic rings. The van der Waals surface area contributed by atoms with E-state index in [4.69, 9.17) is 5.73 Å². The number of amides is 1. The van der Waals surface area contributed by atoms with Gasteiger partial charge in [0.2, 0.25) is 5.91 Å². The summed E-state index contributed by atoms with van der Waals surface area (Å²) >= 11 is 0. The van der Waals surface area contributed by atoms with Gasteiger partial charge in [0.15, 0.2) is 0 Å². The molecular weight excluding hydrogens is 202 g/mol. The summed E-state index contributed by atoms with van der Waals surface area (Å²) in [6.07, 6.45) is 3.94. The Kier molecular flexibility index (Phi) is 4.74. The van der Waals surface area contributed by atoms with Gasteiger partial charge in [-0.2, -0.15) is 0 Å². The summed E-state index contributed by atoms with van der Waals surface area (Å²) in [5.74, 6) is -0.193. The largest absolute Gasteiger partial charge is 0.368 e. The molecule has 0 aromatic carbocycles. The Labute approximate surface area is 98.6 Å². The fourth-order valence-corrected chi connectivity index (χ4v) is 2.74. The van der Waals surface area contributed by atoms with Gasteiger partial charge in [0.1, 0.15) is 0 Å². The third-order valence-electron chi connectivity index (χ3n) is 3.67. The van der Waals surface area contributed by atoms with Gasteiger partial charge in [0.05, 0.1) is 5.54 Å². The summed E-state index contributed by atoms with van der Waals surface area (Å²) in [4.78, 5) is 13.9. The normalized spacial score (nSPS) is 29.9. The second-order valence-electron chi connectivity index (χ2n) is 4.85. The van der Waals surface area contributed by atoms with E-state index in [0.29, 0.717) is 6.04 Å². The molecule has 94 valence electrons. The summed E-state index contributed by atoms with van der Waals surface area (Å²) in [7, 11) is 2.14. The van der Waals surface area contributed by atoms with E-state index in [0.717, 1.165) is 38.8 Å². The van der Waals surface area contributed by atoms with Crippen LogP contribution in [0.5, 0.6) is 0 Å². The Morgan fingerprint density at radius 1 is 1.56 bits per heavy atom. The zero-order valence-electron chi connectivity index (χ0n) is 10.8. The molecule has 1 aliphatic carbocycles. The first-order valence-corrected chi connectivity index (χ1v) is 6.31. The maximum Gasteiger partial charge on any atom is 0.237 e. The van der Waals surface area contributed by atoms with Crippen LogP contribution in [0.3, 0.4) is 0 Å².